The van der Waals surface area contributed by atoms with Crippen molar-refractivity contribution in [3.8, 4) is 0 Å². The predicted octanol–water partition coefficient (Wildman–Crippen LogP) is 2.98. The smallest absolute Gasteiger partial charge is 0.0951 e. The number of hydrogen-bond donors (Lipinski definition) is 1. The number of nitrogens with two attached hydrogens (primary N) is 1. The van der Waals surface area contributed by atoms with Crippen molar-refractivity contribution in [1.82, 2.24) is 14.5 Å². The second-order valence-corrected chi connectivity index (χ2v) is 6.34. The summed E-state index contributed by atoms with van der Waals surface area (Å²) >= 11 is 0. The quantitative estimate of drug-likeness (QED) is 0.870. The summed E-state index contributed by atoms with van der Waals surface area (Å²) < 4.78 is 2.26. The molecule has 0 spiro atoms. The van der Waals surface area contributed by atoms with Crippen molar-refractivity contribution in [2.24, 2.45) is 11.7 Å². The maximum atomic E-state index is 6.07. The molecule has 114 valence electrons. The lowest BCUT2D eigenvalue weighted by Crippen LogP contribution is -2.40. The fourth-order valence-electron chi connectivity index (χ4n) is 3.42. The van der Waals surface area contributed by atoms with Gasteiger partial charge in [-0.05, 0) is 45.7 Å². The van der Waals surface area contributed by atoms with E-state index in [0.29, 0.717) is 18.6 Å². The predicted molar refractivity (Wildman–Crippen MR) is 83.6 cm³/mol. The molecule has 2 heterocycles. The van der Waals surface area contributed by atoms with Crippen molar-refractivity contribution in [3.63, 3.8) is 0 Å². The maximum Gasteiger partial charge on any atom is 0.0951 e. The second kappa shape index (κ2) is 7.23. The van der Waals surface area contributed by atoms with Crippen molar-refractivity contribution in [3.05, 3.63) is 18.2 Å². The monoisotopic (exact) mass is 278 g/mol. The van der Waals surface area contributed by atoms with Crippen molar-refractivity contribution in [1.29, 1.82) is 0 Å². The fourth-order valence-corrected chi connectivity index (χ4v) is 3.42. The maximum absolute atomic E-state index is 6.07. The first kappa shape index (κ1) is 15.5. The van der Waals surface area contributed by atoms with Crippen LogP contribution in [0.5, 0.6) is 0 Å². The number of imidazole rings is 1. The minimum atomic E-state index is 0.322. The summed E-state index contributed by atoms with van der Waals surface area (Å²) in [6.07, 6.45) is 9.26. The Morgan fingerprint density at radius 2 is 2.05 bits per heavy atom. The number of nitrogens with zero attached hydrogens (tertiary/aromatic N) is 3. The van der Waals surface area contributed by atoms with Gasteiger partial charge in [-0.3, -0.25) is 4.90 Å². The van der Waals surface area contributed by atoms with Gasteiger partial charge in [0.1, 0.15) is 0 Å². The van der Waals surface area contributed by atoms with Crippen molar-refractivity contribution in [2.75, 3.05) is 19.6 Å². The summed E-state index contributed by atoms with van der Waals surface area (Å²) in [7, 11) is 0. The molecule has 20 heavy (non-hydrogen) atoms. The molecule has 0 bridgehead atoms. The van der Waals surface area contributed by atoms with Gasteiger partial charge in [0, 0.05) is 18.8 Å². The minimum Gasteiger partial charge on any atom is -0.331 e. The third-order valence-electron chi connectivity index (χ3n) is 4.60. The number of likely N-dealkylation sites (tertiary alicyclic amines) is 1. The number of aromatic nitrogens is 2. The van der Waals surface area contributed by atoms with Crippen LogP contribution in [0.3, 0.4) is 0 Å². The Bertz CT molecular complexity index is 391. The summed E-state index contributed by atoms with van der Waals surface area (Å²) in [6.45, 7) is 9.72. The van der Waals surface area contributed by atoms with Crippen LogP contribution in [-0.2, 0) is 0 Å². The molecule has 4 nitrogen and oxygen atoms in total. The Morgan fingerprint density at radius 3 is 2.60 bits per heavy atom. The third-order valence-corrected chi connectivity index (χ3v) is 4.60. The lowest BCUT2D eigenvalue weighted by Gasteiger charge is -2.37. The second-order valence-electron chi connectivity index (χ2n) is 6.34. The SMILES string of the molecule is CCCC1CCN(C(CN)c2cncn2C(C)C)CC1. The molecule has 0 saturated carbocycles. The van der Waals surface area contributed by atoms with Gasteiger partial charge in [-0.15, -0.1) is 0 Å². The summed E-state index contributed by atoms with van der Waals surface area (Å²) in [6, 6.07) is 0.765. The highest BCUT2D eigenvalue weighted by Crippen LogP contribution is 2.29. The molecular formula is C16H30N4. The zero-order valence-corrected chi connectivity index (χ0v) is 13.3. The van der Waals surface area contributed by atoms with E-state index in [-0.39, 0.29) is 0 Å². The summed E-state index contributed by atoms with van der Waals surface area (Å²) in [5, 5.41) is 0. The highest BCUT2D eigenvalue weighted by molar-refractivity contribution is 5.08. The zero-order valence-electron chi connectivity index (χ0n) is 13.3. The van der Waals surface area contributed by atoms with E-state index in [1.165, 1.54) is 44.5 Å². The molecule has 4 heteroatoms. The van der Waals surface area contributed by atoms with Gasteiger partial charge in [0.25, 0.3) is 0 Å². The molecule has 0 amide bonds. The first-order valence-corrected chi connectivity index (χ1v) is 8.13. The van der Waals surface area contributed by atoms with Gasteiger partial charge >= 0.3 is 0 Å². The Hall–Kier alpha value is -0.870. The van der Waals surface area contributed by atoms with Gasteiger partial charge in [0.2, 0.25) is 0 Å². The molecule has 2 N–H and O–H groups in total. The Labute approximate surface area is 123 Å². The largest absolute Gasteiger partial charge is 0.331 e. The molecule has 1 aromatic rings. The van der Waals surface area contributed by atoms with E-state index in [4.69, 9.17) is 5.73 Å². The van der Waals surface area contributed by atoms with E-state index >= 15 is 0 Å². The van der Waals surface area contributed by atoms with Crippen LogP contribution in [-0.4, -0.2) is 34.1 Å². The van der Waals surface area contributed by atoms with Gasteiger partial charge in [-0.25, -0.2) is 4.98 Å². The summed E-state index contributed by atoms with van der Waals surface area (Å²) in [5.41, 5.74) is 7.35. The molecule has 1 aromatic heterocycles. The van der Waals surface area contributed by atoms with Crippen LogP contribution in [0.25, 0.3) is 0 Å². The lowest BCUT2D eigenvalue weighted by atomic mass is 9.91. The van der Waals surface area contributed by atoms with Gasteiger partial charge in [0.05, 0.1) is 18.1 Å². The van der Waals surface area contributed by atoms with Crippen molar-refractivity contribution in [2.45, 2.75) is 58.5 Å². The number of piperidine rings is 1. The first-order chi connectivity index (χ1) is 9.67. The van der Waals surface area contributed by atoms with E-state index < -0.39 is 0 Å². The molecule has 1 unspecified atom stereocenters. The Kier molecular flexibility index (Phi) is 5.61. The van der Waals surface area contributed by atoms with Crippen LogP contribution in [0.1, 0.15) is 64.2 Å². The highest BCUT2D eigenvalue weighted by atomic mass is 15.2. The molecular weight excluding hydrogens is 248 g/mol. The minimum absolute atomic E-state index is 0.322. The summed E-state index contributed by atoms with van der Waals surface area (Å²) in [4.78, 5) is 6.89. The topological polar surface area (TPSA) is 47.1 Å². The van der Waals surface area contributed by atoms with Crippen LogP contribution in [0.4, 0.5) is 0 Å². The molecule has 1 aliphatic heterocycles. The van der Waals surface area contributed by atoms with Crippen LogP contribution in [0.2, 0.25) is 0 Å². The van der Waals surface area contributed by atoms with Gasteiger partial charge < -0.3 is 10.3 Å². The van der Waals surface area contributed by atoms with Crippen LogP contribution < -0.4 is 5.73 Å². The molecule has 2 rings (SSSR count). The third kappa shape index (κ3) is 3.41. The normalized spacial score (nSPS) is 19.6. The number of rotatable bonds is 6. The average molecular weight is 278 g/mol. The van der Waals surface area contributed by atoms with E-state index in [1.54, 1.807) is 0 Å². The van der Waals surface area contributed by atoms with E-state index in [9.17, 15) is 0 Å². The van der Waals surface area contributed by atoms with Crippen LogP contribution in [0, 0.1) is 5.92 Å². The molecule has 0 aromatic carbocycles. The van der Waals surface area contributed by atoms with E-state index in [0.717, 1.165) is 5.92 Å². The molecule has 1 saturated heterocycles. The van der Waals surface area contributed by atoms with Crippen LogP contribution >= 0.6 is 0 Å². The van der Waals surface area contributed by atoms with E-state index in [2.05, 4.69) is 35.2 Å². The molecule has 1 atom stereocenters. The summed E-state index contributed by atoms with van der Waals surface area (Å²) in [5.74, 6) is 0.921. The zero-order chi connectivity index (χ0) is 14.5. The lowest BCUT2D eigenvalue weighted by molar-refractivity contribution is 0.126. The highest BCUT2D eigenvalue weighted by Gasteiger charge is 2.27. The standard InChI is InChI=1S/C16H30N4/c1-4-5-14-6-8-19(9-7-14)15(10-17)16-11-18-12-20(16)13(2)3/h11-15H,4-10,17H2,1-3H3. The van der Waals surface area contributed by atoms with Gasteiger partial charge in [-0.2, -0.15) is 0 Å². The van der Waals surface area contributed by atoms with Crippen LogP contribution in [0.15, 0.2) is 12.5 Å². The van der Waals surface area contributed by atoms with Crippen molar-refractivity contribution < 1.29 is 0 Å². The van der Waals surface area contributed by atoms with Gasteiger partial charge in [0.15, 0.2) is 0 Å². The Balaban J connectivity index is 2.04. The number of hydrogen-bond acceptors (Lipinski definition) is 3. The van der Waals surface area contributed by atoms with Gasteiger partial charge in [-0.1, -0.05) is 19.8 Å². The first-order valence-electron chi connectivity index (χ1n) is 8.13. The molecule has 1 aliphatic rings. The average Bonchev–Trinajstić information content (AvgIpc) is 2.91. The molecule has 0 radical (unpaired) electrons. The Morgan fingerprint density at radius 1 is 1.35 bits per heavy atom. The van der Waals surface area contributed by atoms with E-state index in [1.807, 2.05) is 12.5 Å². The molecule has 0 aliphatic carbocycles. The van der Waals surface area contributed by atoms with Crippen molar-refractivity contribution >= 4 is 0 Å². The fraction of sp³-hybridized carbons (Fsp3) is 0.812. The molecule has 1 fully saturated rings.